The number of nitrogens with one attached hydrogen (secondary N) is 1. The van der Waals surface area contributed by atoms with Crippen LogP contribution in [0, 0.1) is 40.9 Å². The summed E-state index contributed by atoms with van der Waals surface area (Å²) in [5.74, 6) is 4.87. The Labute approximate surface area is 179 Å². The molecule has 4 aliphatic rings. The first-order valence-electron chi connectivity index (χ1n) is 12.0. The minimum absolute atomic E-state index is 0.149. The summed E-state index contributed by atoms with van der Waals surface area (Å²) in [5.41, 5.74) is -0.464. The summed E-state index contributed by atoms with van der Waals surface area (Å²) in [7, 11) is 1.70. The van der Waals surface area contributed by atoms with Gasteiger partial charge in [-0.3, -0.25) is 4.79 Å². The normalized spacial score (nSPS) is 45.4. The van der Waals surface area contributed by atoms with Crippen LogP contribution in [0.25, 0.3) is 0 Å². The smallest absolute Gasteiger partial charge is 0.144 e. The second kappa shape index (κ2) is 7.70. The quantitative estimate of drug-likeness (QED) is 0.768. The summed E-state index contributed by atoms with van der Waals surface area (Å²) >= 11 is 0. The molecule has 5 rings (SSSR count). The second-order valence-corrected chi connectivity index (χ2v) is 11.1. The molecule has 0 amide bonds. The van der Waals surface area contributed by atoms with Crippen molar-refractivity contribution in [2.45, 2.75) is 76.7 Å². The first kappa shape index (κ1) is 20.6. The Morgan fingerprint density at radius 2 is 2.00 bits per heavy atom. The molecule has 0 unspecified atom stereocenters. The van der Waals surface area contributed by atoms with E-state index in [4.69, 9.17) is 4.74 Å². The highest BCUT2D eigenvalue weighted by Gasteiger charge is 2.58. The van der Waals surface area contributed by atoms with E-state index in [0.29, 0.717) is 36.5 Å². The van der Waals surface area contributed by atoms with Crippen LogP contribution in [0.15, 0.2) is 6.33 Å². The number of aliphatic hydroxyl groups is 1. The molecule has 0 aliphatic heterocycles. The van der Waals surface area contributed by atoms with Gasteiger partial charge in [0.05, 0.1) is 18.6 Å². The van der Waals surface area contributed by atoms with Crippen molar-refractivity contribution in [2.24, 2.45) is 40.9 Å². The molecule has 8 atom stereocenters. The van der Waals surface area contributed by atoms with Crippen LogP contribution in [0.5, 0.6) is 0 Å². The SMILES string of the molecule is COC[C@@]1(O)CC[C@H]2[C@@H](CC[C@@H]3[C@@H]2CC[C@]2(C)[C@@H](C(=O)Cc4nnc[nH]4)CC[C@@H]32)C1. The highest BCUT2D eigenvalue weighted by molar-refractivity contribution is 5.83. The number of aromatic nitrogens is 3. The summed E-state index contributed by atoms with van der Waals surface area (Å²) in [4.78, 5) is 16.2. The first-order chi connectivity index (χ1) is 14.4. The van der Waals surface area contributed by atoms with Gasteiger partial charge in [0.1, 0.15) is 17.9 Å². The number of fused-ring (bicyclic) bond motifs is 5. The fraction of sp³-hybridized carbons (Fsp3) is 0.875. The maximum Gasteiger partial charge on any atom is 0.144 e. The maximum absolute atomic E-state index is 13.2. The van der Waals surface area contributed by atoms with Gasteiger partial charge in [0.2, 0.25) is 0 Å². The number of hydrogen-bond acceptors (Lipinski definition) is 5. The minimum atomic E-state index is -0.614. The van der Waals surface area contributed by atoms with Crippen molar-refractivity contribution in [3.05, 3.63) is 12.2 Å². The fourth-order valence-corrected chi connectivity index (χ4v) is 8.50. The van der Waals surface area contributed by atoms with Crippen LogP contribution in [0.2, 0.25) is 0 Å². The number of hydrogen-bond donors (Lipinski definition) is 2. The van der Waals surface area contributed by atoms with E-state index in [1.54, 1.807) is 13.4 Å². The maximum atomic E-state index is 13.2. The average Bonchev–Trinajstić information content (AvgIpc) is 3.34. The zero-order valence-corrected chi connectivity index (χ0v) is 18.5. The number of carbonyl (C=O) groups is 1. The van der Waals surface area contributed by atoms with E-state index >= 15 is 0 Å². The Kier molecular flexibility index (Phi) is 5.29. The highest BCUT2D eigenvalue weighted by atomic mass is 16.5. The molecule has 0 saturated heterocycles. The number of nitrogens with zero attached hydrogens (tertiary/aromatic N) is 2. The monoisotopic (exact) mass is 415 g/mol. The number of ketones is 1. The van der Waals surface area contributed by atoms with Gasteiger partial charge in [-0.05, 0) is 92.8 Å². The fourth-order valence-electron chi connectivity index (χ4n) is 8.50. The van der Waals surface area contributed by atoms with Crippen molar-refractivity contribution >= 4 is 5.78 Å². The van der Waals surface area contributed by atoms with Crippen LogP contribution in [0.3, 0.4) is 0 Å². The van der Waals surface area contributed by atoms with Gasteiger partial charge in [-0.1, -0.05) is 6.92 Å². The number of aromatic amines is 1. The van der Waals surface area contributed by atoms with Crippen LogP contribution < -0.4 is 0 Å². The molecule has 4 saturated carbocycles. The molecule has 1 heterocycles. The first-order valence-corrected chi connectivity index (χ1v) is 12.0. The van der Waals surface area contributed by atoms with Crippen molar-refractivity contribution in [3.8, 4) is 0 Å². The van der Waals surface area contributed by atoms with Crippen molar-refractivity contribution in [3.63, 3.8) is 0 Å². The number of Topliss-reactive ketones (excluding diaryl/α,β-unsaturated/α-hetero) is 1. The van der Waals surface area contributed by atoms with Gasteiger partial charge < -0.3 is 14.8 Å². The molecule has 0 bridgehead atoms. The number of rotatable bonds is 5. The van der Waals surface area contributed by atoms with E-state index < -0.39 is 5.60 Å². The van der Waals surface area contributed by atoms with Gasteiger partial charge in [-0.25, -0.2) is 0 Å². The molecule has 2 N–H and O–H groups in total. The molecule has 0 spiro atoms. The van der Waals surface area contributed by atoms with Crippen molar-refractivity contribution in [1.29, 1.82) is 0 Å². The largest absolute Gasteiger partial charge is 0.387 e. The summed E-state index contributed by atoms with van der Waals surface area (Å²) in [6, 6.07) is 0. The summed E-state index contributed by atoms with van der Waals surface area (Å²) in [6.45, 7) is 2.88. The van der Waals surface area contributed by atoms with E-state index in [1.165, 1.54) is 32.1 Å². The van der Waals surface area contributed by atoms with E-state index in [0.717, 1.165) is 43.4 Å². The van der Waals surface area contributed by atoms with Crippen LogP contribution in [-0.2, 0) is 16.0 Å². The number of methoxy groups -OCH3 is 1. The molecule has 4 fully saturated rings. The third kappa shape index (κ3) is 3.35. The summed E-state index contributed by atoms with van der Waals surface area (Å²) in [6.07, 6.45) is 12.1. The van der Waals surface area contributed by atoms with Gasteiger partial charge >= 0.3 is 0 Å². The van der Waals surface area contributed by atoms with Crippen LogP contribution in [0.1, 0.15) is 70.5 Å². The lowest BCUT2D eigenvalue weighted by molar-refractivity contribution is -0.135. The summed E-state index contributed by atoms with van der Waals surface area (Å²) < 4.78 is 5.32. The third-order valence-corrected chi connectivity index (χ3v) is 9.71. The lowest BCUT2D eigenvalue weighted by atomic mass is 9.49. The lowest BCUT2D eigenvalue weighted by Crippen LogP contribution is -2.52. The van der Waals surface area contributed by atoms with Crippen LogP contribution in [0.4, 0.5) is 0 Å². The van der Waals surface area contributed by atoms with E-state index in [9.17, 15) is 9.90 Å². The number of H-pyrrole nitrogens is 1. The van der Waals surface area contributed by atoms with Crippen LogP contribution in [-0.4, -0.2) is 45.4 Å². The molecule has 4 aliphatic carbocycles. The number of ether oxygens (including phenoxy) is 1. The van der Waals surface area contributed by atoms with Crippen LogP contribution >= 0.6 is 0 Å². The lowest BCUT2D eigenvalue weighted by Gasteiger charge is -2.57. The number of carbonyl (C=O) groups excluding carboxylic acids is 1. The molecular formula is C24H37N3O3. The van der Waals surface area contributed by atoms with E-state index in [2.05, 4.69) is 22.1 Å². The zero-order valence-electron chi connectivity index (χ0n) is 18.5. The Morgan fingerprint density at radius 3 is 2.77 bits per heavy atom. The van der Waals surface area contributed by atoms with Gasteiger partial charge in [-0.15, -0.1) is 10.2 Å². The Balaban J connectivity index is 1.29. The van der Waals surface area contributed by atoms with Crippen molar-refractivity contribution < 1.29 is 14.6 Å². The van der Waals surface area contributed by atoms with Gasteiger partial charge in [-0.2, -0.15) is 0 Å². The van der Waals surface area contributed by atoms with Gasteiger partial charge in [0.15, 0.2) is 0 Å². The van der Waals surface area contributed by atoms with Gasteiger partial charge in [0.25, 0.3) is 0 Å². The molecular weight excluding hydrogens is 378 g/mol. The predicted octanol–water partition coefficient (Wildman–Crippen LogP) is 3.56. The average molecular weight is 416 g/mol. The zero-order chi connectivity index (χ0) is 20.9. The molecule has 1 aromatic rings. The van der Waals surface area contributed by atoms with Gasteiger partial charge in [0, 0.05) is 13.0 Å². The Bertz CT molecular complexity index is 768. The highest BCUT2D eigenvalue weighted by Crippen LogP contribution is 2.64. The predicted molar refractivity (Wildman–Crippen MR) is 113 cm³/mol. The Hall–Kier alpha value is -1.27. The topological polar surface area (TPSA) is 88.1 Å². The second-order valence-electron chi connectivity index (χ2n) is 11.1. The third-order valence-electron chi connectivity index (χ3n) is 9.71. The molecule has 166 valence electrons. The van der Waals surface area contributed by atoms with Crippen molar-refractivity contribution in [2.75, 3.05) is 13.7 Å². The van der Waals surface area contributed by atoms with E-state index in [1.807, 2.05) is 0 Å². The summed E-state index contributed by atoms with van der Waals surface area (Å²) in [5, 5.41) is 18.8. The molecule has 30 heavy (non-hydrogen) atoms. The van der Waals surface area contributed by atoms with E-state index in [-0.39, 0.29) is 11.3 Å². The standard InChI is InChI=1S/C24H37N3O3/c1-23-9-7-17-16-8-10-24(29,13-30-2)12-15(16)3-4-18(17)19(23)5-6-20(23)21(28)11-22-25-14-26-27-22/h14-20,29H,3-13H2,1-2H3,(H,25,26,27)/t15-,16-,17+,18+,19-,20+,23-,24+/m0/s1. The Morgan fingerprint density at radius 1 is 1.17 bits per heavy atom. The van der Waals surface area contributed by atoms with Crippen molar-refractivity contribution in [1.82, 2.24) is 15.2 Å². The molecule has 1 aromatic heterocycles. The minimum Gasteiger partial charge on any atom is -0.387 e. The molecule has 0 aromatic carbocycles. The molecule has 6 nitrogen and oxygen atoms in total. The molecule has 6 heteroatoms. The molecule has 0 radical (unpaired) electrons.